The zero-order valence-corrected chi connectivity index (χ0v) is 11.8. The van der Waals surface area contributed by atoms with Gasteiger partial charge in [-0.05, 0) is 12.8 Å². The molecule has 1 atom stereocenters. The molecule has 0 saturated heterocycles. The van der Waals surface area contributed by atoms with Crippen LogP contribution < -0.4 is 4.72 Å². The standard InChI is InChI=1S/C12H27NO2S/c1-4-6-7-8-9-10-11-12(5-2)13-16(3,14)15/h12-13H,4-11H2,1-3H3. The van der Waals surface area contributed by atoms with Crippen molar-refractivity contribution in [1.82, 2.24) is 4.72 Å². The van der Waals surface area contributed by atoms with Gasteiger partial charge in [0.15, 0.2) is 0 Å². The minimum atomic E-state index is -3.04. The summed E-state index contributed by atoms with van der Waals surface area (Å²) in [6, 6.07) is 0.126. The van der Waals surface area contributed by atoms with Gasteiger partial charge in [0.1, 0.15) is 0 Å². The Bertz CT molecular complexity index is 250. The van der Waals surface area contributed by atoms with Crippen LogP contribution in [0, 0.1) is 0 Å². The van der Waals surface area contributed by atoms with Crippen LogP contribution in [0.5, 0.6) is 0 Å². The molecule has 0 aliphatic rings. The number of unbranched alkanes of at least 4 members (excludes halogenated alkanes) is 5. The van der Waals surface area contributed by atoms with Crippen molar-refractivity contribution in [2.45, 2.75) is 71.3 Å². The first-order valence-corrected chi connectivity index (χ1v) is 8.36. The lowest BCUT2D eigenvalue weighted by atomic mass is 10.1. The number of sulfonamides is 1. The molecule has 0 heterocycles. The van der Waals surface area contributed by atoms with Crippen molar-refractivity contribution < 1.29 is 8.42 Å². The first kappa shape index (κ1) is 15.9. The van der Waals surface area contributed by atoms with Crippen molar-refractivity contribution in [3.05, 3.63) is 0 Å². The third-order valence-corrected chi connectivity index (χ3v) is 3.54. The Morgan fingerprint density at radius 3 is 2.06 bits per heavy atom. The summed E-state index contributed by atoms with van der Waals surface area (Å²) in [5, 5.41) is 0. The summed E-state index contributed by atoms with van der Waals surface area (Å²) in [5.41, 5.74) is 0. The van der Waals surface area contributed by atoms with Gasteiger partial charge in [-0.15, -0.1) is 0 Å². The van der Waals surface area contributed by atoms with Crippen LogP contribution in [0.4, 0.5) is 0 Å². The molecule has 0 fully saturated rings. The van der Waals surface area contributed by atoms with Crippen LogP contribution in [0.1, 0.15) is 65.2 Å². The molecular formula is C12H27NO2S. The summed E-state index contributed by atoms with van der Waals surface area (Å²) in [5.74, 6) is 0. The predicted octanol–water partition coefficient (Wildman–Crippen LogP) is 3.06. The highest BCUT2D eigenvalue weighted by Crippen LogP contribution is 2.10. The van der Waals surface area contributed by atoms with Gasteiger partial charge >= 0.3 is 0 Å². The molecular weight excluding hydrogens is 222 g/mol. The van der Waals surface area contributed by atoms with Crippen LogP contribution in [0.2, 0.25) is 0 Å². The third kappa shape index (κ3) is 10.4. The van der Waals surface area contributed by atoms with Crippen LogP contribution in [-0.4, -0.2) is 20.7 Å². The van der Waals surface area contributed by atoms with Crippen LogP contribution >= 0.6 is 0 Å². The van der Waals surface area contributed by atoms with E-state index in [0.717, 1.165) is 19.3 Å². The fourth-order valence-electron chi connectivity index (χ4n) is 1.82. The van der Waals surface area contributed by atoms with Gasteiger partial charge in [0.25, 0.3) is 0 Å². The third-order valence-electron chi connectivity index (χ3n) is 2.78. The summed E-state index contributed by atoms with van der Waals surface area (Å²) in [6.45, 7) is 4.24. The van der Waals surface area contributed by atoms with E-state index < -0.39 is 10.0 Å². The summed E-state index contributed by atoms with van der Waals surface area (Å²) < 4.78 is 24.8. The highest BCUT2D eigenvalue weighted by atomic mass is 32.2. The smallest absolute Gasteiger partial charge is 0.208 e. The maximum absolute atomic E-state index is 11.1. The van der Waals surface area contributed by atoms with Gasteiger partial charge < -0.3 is 0 Å². The molecule has 98 valence electrons. The topological polar surface area (TPSA) is 46.2 Å². The molecule has 0 aliphatic carbocycles. The second-order valence-corrected chi connectivity index (χ2v) is 6.33. The Morgan fingerprint density at radius 1 is 1.00 bits per heavy atom. The van der Waals surface area contributed by atoms with Gasteiger partial charge in [-0.2, -0.15) is 0 Å². The Kier molecular flexibility index (Phi) is 8.94. The van der Waals surface area contributed by atoms with Gasteiger partial charge in [-0.1, -0.05) is 52.4 Å². The molecule has 0 rings (SSSR count). The van der Waals surface area contributed by atoms with Crippen molar-refractivity contribution >= 4 is 10.0 Å². The first-order valence-electron chi connectivity index (χ1n) is 6.47. The molecule has 0 aliphatic heterocycles. The van der Waals surface area contributed by atoms with Crippen LogP contribution in [0.25, 0.3) is 0 Å². The van der Waals surface area contributed by atoms with Crippen molar-refractivity contribution in [2.24, 2.45) is 0 Å². The predicted molar refractivity (Wildman–Crippen MR) is 70.1 cm³/mol. The average molecular weight is 249 g/mol. The fourth-order valence-corrected chi connectivity index (χ4v) is 2.71. The van der Waals surface area contributed by atoms with Crippen molar-refractivity contribution in [2.75, 3.05) is 6.26 Å². The SMILES string of the molecule is CCCCCCCCC(CC)NS(C)(=O)=O. The summed E-state index contributed by atoms with van der Waals surface area (Å²) in [4.78, 5) is 0. The number of hydrogen-bond acceptors (Lipinski definition) is 2. The molecule has 0 radical (unpaired) electrons. The quantitative estimate of drug-likeness (QED) is 0.605. The van der Waals surface area contributed by atoms with Crippen molar-refractivity contribution in [3.8, 4) is 0 Å². The summed E-state index contributed by atoms with van der Waals surface area (Å²) in [6.07, 6.45) is 10.6. The minimum absolute atomic E-state index is 0.126. The van der Waals surface area contributed by atoms with Crippen molar-refractivity contribution in [1.29, 1.82) is 0 Å². The molecule has 16 heavy (non-hydrogen) atoms. The second kappa shape index (κ2) is 8.99. The lowest BCUT2D eigenvalue weighted by Crippen LogP contribution is -2.33. The van der Waals surface area contributed by atoms with Crippen LogP contribution in [-0.2, 0) is 10.0 Å². The van der Waals surface area contributed by atoms with Crippen LogP contribution in [0.15, 0.2) is 0 Å². The Morgan fingerprint density at radius 2 is 1.56 bits per heavy atom. The number of rotatable bonds is 10. The second-order valence-electron chi connectivity index (χ2n) is 4.55. The molecule has 0 spiro atoms. The lowest BCUT2D eigenvalue weighted by molar-refractivity contribution is 0.487. The zero-order chi connectivity index (χ0) is 12.4. The van der Waals surface area contributed by atoms with Gasteiger partial charge in [0.2, 0.25) is 10.0 Å². The Balaban J connectivity index is 3.56. The van der Waals surface area contributed by atoms with E-state index >= 15 is 0 Å². The van der Waals surface area contributed by atoms with E-state index in [1.54, 1.807) is 0 Å². The molecule has 1 N–H and O–H groups in total. The Hall–Kier alpha value is -0.0900. The number of nitrogens with one attached hydrogen (secondary N) is 1. The van der Waals surface area contributed by atoms with Crippen LogP contribution in [0.3, 0.4) is 0 Å². The summed E-state index contributed by atoms with van der Waals surface area (Å²) in [7, 11) is -3.04. The molecule has 1 unspecified atom stereocenters. The number of hydrogen-bond donors (Lipinski definition) is 1. The Labute approximate surface area is 101 Å². The van der Waals surface area contributed by atoms with Crippen molar-refractivity contribution in [3.63, 3.8) is 0 Å². The van der Waals surface area contributed by atoms with Gasteiger partial charge in [-0.25, -0.2) is 13.1 Å². The molecule has 0 aromatic carbocycles. The molecule has 0 saturated carbocycles. The first-order chi connectivity index (χ1) is 7.49. The molecule has 0 bridgehead atoms. The maximum atomic E-state index is 11.1. The zero-order valence-electron chi connectivity index (χ0n) is 11.0. The van der Waals surface area contributed by atoms with E-state index in [-0.39, 0.29) is 6.04 Å². The van der Waals surface area contributed by atoms with E-state index in [1.165, 1.54) is 38.4 Å². The average Bonchev–Trinajstić information content (AvgIpc) is 2.19. The lowest BCUT2D eigenvalue weighted by Gasteiger charge is -2.14. The van der Waals surface area contributed by atoms with E-state index in [9.17, 15) is 8.42 Å². The summed E-state index contributed by atoms with van der Waals surface area (Å²) >= 11 is 0. The molecule has 4 heteroatoms. The highest BCUT2D eigenvalue weighted by Gasteiger charge is 2.10. The maximum Gasteiger partial charge on any atom is 0.208 e. The van der Waals surface area contributed by atoms with E-state index in [0.29, 0.717) is 0 Å². The van der Waals surface area contributed by atoms with E-state index in [1.807, 2.05) is 6.92 Å². The molecule has 0 amide bonds. The normalized spacial score (nSPS) is 13.9. The monoisotopic (exact) mass is 249 g/mol. The van der Waals surface area contributed by atoms with Gasteiger partial charge in [0, 0.05) is 6.04 Å². The molecule has 0 aromatic heterocycles. The highest BCUT2D eigenvalue weighted by molar-refractivity contribution is 7.88. The molecule has 0 aromatic rings. The fraction of sp³-hybridized carbons (Fsp3) is 1.00. The van der Waals surface area contributed by atoms with Gasteiger partial charge in [-0.3, -0.25) is 0 Å². The van der Waals surface area contributed by atoms with E-state index in [4.69, 9.17) is 0 Å². The molecule has 3 nitrogen and oxygen atoms in total. The largest absolute Gasteiger partial charge is 0.213 e. The minimum Gasteiger partial charge on any atom is -0.213 e. The van der Waals surface area contributed by atoms with E-state index in [2.05, 4.69) is 11.6 Å². The van der Waals surface area contributed by atoms with Gasteiger partial charge in [0.05, 0.1) is 6.26 Å².